The van der Waals surface area contributed by atoms with Gasteiger partial charge in [0.05, 0.1) is 26.8 Å². The largest absolute Gasteiger partial charge is 0.497 e. The number of anilines is 1. The van der Waals surface area contributed by atoms with Crippen molar-refractivity contribution in [2.45, 2.75) is 50.9 Å². The lowest BCUT2D eigenvalue weighted by molar-refractivity contribution is -0.119. The van der Waals surface area contributed by atoms with Crippen molar-refractivity contribution in [2.24, 2.45) is 0 Å². The van der Waals surface area contributed by atoms with Gasteiger partial charge in [0.1, 0.15) is 11.5 Å². The van der Waals surface area contributed by atoms with E-state index >= 15 is 4.39 Å². The van der Waals surface area contributed by atoms with Gasteiger partial charge in [-0.2, -0.15) is 0 Å². The number of rotatable bonds is 11. The normalized spacial score (nSPS) is 14.7. The van der Waals surface area contributed by atoms with E-state index in [0.717, 1.165) is 5.56 Å². The minimum atomic E-state index is -1.65. The molecule has 2 heterocycles. The zero-order valence-electron chi connectivity index (χ0n) is 22.4. The van der Waals surface area contributed by atoms with E-state index in [2.05, 4.69) is 9.97 Å². The van der Waals surface area contributed by atoms with Gasteiger partial charge in [0.2, 0.25) is 0 Å². The van der Waals surface area contributed by atoms with Crippen LogP contribution in [0, 0.1) is 0 Å². The lowest BCUT2D eigenvalue weighted by Gasteiger charge is -2.22. The molecule has 204 valence electrons. The summed E-state index contributed by atoms with van der Waals surface area (Å²) in [6.45, 7) is 1.90. The highest BCUT2D eigenvalue weighted by molar-refractivity contribution is 7.21. The number of hydrogen-bond acceptors (Lipinski definition) is 8. The van der Waals surface area contributed by atoms with Crippen molar-refractivity contribution in [2.75, 3.05) is 26.2 Å². The van der Waals surface area contributed by atoms with Crippen molar-refractivity contribution in [3.8, 4) is 11.5 Å². The number of benzene rings is 2. The van der Waals surface area contributed by atoms with Crippen LogP contribution in [0.5, 0.6) is 11.5 Å². The van der Waals surface area contributed by atoms with E-state index in [1.165, 1.54) is 23.0 Å². The van der Waals surface area contributed by atoms with Gasteiger partial charge in [-0.05, 0) is 43.9 Å². The molecular weight excluding hydrogens is 519 g/mol. The van der Waals surface area contributed by atoms with Gasteiger partial charge in [0.25, 0.3) is 5.56 Å². The molecule has 1 atom stereocenters. The van der Waals surface area contributed by atoms with Crippen molar-refractivity contribution in [1.29, 1.82) is 0 Å². The first kappa shape index (κ1) is 26.8. The molecule has 0 aliphatic heterocycles. The zero-order valence-corrected chi connectivity index (χ0v) is 23.3. The van der Waals surface area contributed by atoms with Gasteiger partial charge in [0.15, 0.2) is 32.8 Å². The van der Waals surface area contributed by atoms with E-state index in [1.54, 1.807) is 37.3 Å². The number of ketones is 1. The summed E-state index contributed by atoms with van der Waals surface area (Å²) in [6.07, 6.45) is 1.66. The van der Waals surface area contributed by atoms with E-state index in [1.807, 2.05) is 37.3 Å². The zero-order chi connectivity index (χ0) is 27.7. The van der Waals surface area contributed by atoms with Crippen LogP contribution >= 0.6 is 11.3 Å². The number of aryl methyl sites for hydroxylation is 1. The van der Waals surface area contributed by atoms with Crippen LogP contribution in [0.15, 0.2) is 53.3 Å². The summed E-state index contributed by atoms with van der Waals surface area (Å²) in [5.41, 5.74) is -0.116. The number of aromatic nitrogens is 3. The van der Waals surface area contributed by atoms with Crippen LogP contribution in [0.25, 0.3) is 10.3 Å². The fourth-order valence-electron chi connectivity index (χ4n) is 4.53. The van der Waals surface area contributed by atoms with Crippen molar-refractivity contribution >= 4 is 32.6 Å². The third kappa shape index (κ3) is 5.38. The second kappa shape index (κ2) is 10.8. The molecule has 1 fully saturated rings. The quantitative estimate of drug-likeness (QED) is 0.262. The summed E-state index contributed by atoms with van der Waals surface area (Å²) in [7, 11) is 4.87. The number of carbonyl (C=O) groups is 1. The molecule has 1 aliphatic carbocycles. The number of hydrogen-bond donors (Lipinski definition) is 0. The standard InChI is InChI=1S/C29H31FN4O4S/c1-18(22(35)13-10-19-8-6-5-7-9-19)33(2)28-31-24-25(39-28)32-27(29(30)14-15-29)34(26(24)36)17-20-11-12-21(37-3)16-23(20)38-4/h5-9,11-12,16,18H,10,13-15,17H2,1-4H3/t18-/m1/s1. The highest BCUT2D eigenvalue weighted by Gasteiger charge is 2.49. The summed E-state index contributed by atoms with van der Waals surface area (Å²) in [6, 6.07) is 14.7. The number of alkyl halides is 1. The predicted octanol–water partition coefficient (Wildman–Crippen LogP) is 4.90. The third-order valence-corrected chi connectivity index (χ3v) is 8.31. The number of thiazole rings is 1. The van der Waals surface area contributed by atoms with Gasteiger partial charge < -0.3 is 14.4 Å². The van der Waals surface area contributed by atoms with E-state index in [0.29, 0.717) is 52.7 Å². The number of carbonyl (C=O) groups excluding carboxylic acids is 1. The fraction of sp³-hybridized carbons (Fsp3) is 0.379. The first-order chi connectivity index (χ1) is 18.7. The van der Waals surface area contributed by atoms with Crippen molar-refractivity contribution in [3.05, 3.63) is 75.8 Å². The van der Waals surface area contributed by atoms with Crippen LogP contribution in [0.1, 0.15) is 43.1 Å². The van der Waals surface area contributed by atoms with Crippen LogP contribution in [0.4, 0.5) is 9.52 Å². The molecule has 2 aromatic heterocycles. The lowest BCUT2D eigenvalue weighted by atomic mass is 10.0. The Morgan fingerprint density at radius 2 is 1.90 bits per heavy atom. The average molecular weight is 551 g/mol. The average Bonchev–Trinajstić information content (AvgIpc) is 3.56. The van der Waals surface area contributed by atoms with E-state index in [4.69, 9.17) is 9.47 Å². The van der Waals surface area contributed by atoms with Crippen LogP contribution in [-0.2, 0) is 23.4 Å². The van der Waals surface area contributed by atoms with Gasteiger partial charge in [-0.15, -0.1) is 0 Å². The molecule has 0 N–H and O–H groups in total. The first-order valence-electron chi connectivity index (χ1n) is 12.8. The summed E-state index contributed by atoms with van der Waals surface area (Å²) >= 11 is 1.20. The maximum absolute atomic E-state index is 15.5. The van der Waals surface area contributed by atoms with Gasteiger partial charge in [-0.25, -0.2) is 14.4 Å². The topological polar surface area (TPSA) is 86.5 Å². The molecule has 0 radical (unpaired) electrons. The molecule has 2 aromatic carbocycles. The Hall–Kier alpha value is -3.79. The van der Waals surface area contributed by atoms with Crippen LogP contribution < -0.4 is 19.9 Å². The van der Waals surface area contributed by atoms with Crippen molar-refractivity contribution in [3.63, 3.8) is 0 Å². The van der Waals surface area contributed by atoms with E-state index < -0.39 is 17.3 Å². The van der Waals surface area contributed by atoms with E-state index in [-0.39, 0.29) is 23.7 Å². The van der Waals surface area contributed by atoms with Crippen LogP contribution in [-0.4, -0.2) is 47.6 Å². The lowest BCUT2D eigenvalue weighted by Crippen LogP contribution is -2.36. The molecule has 39 heavy (non-hydrogen) atoms. The van der Waals surface area contributed by atoms with Crippen LogP contribution in [0.3, 0.4) is 0 Å². The number of likely N-dealkylation sites (N-methyl/N-ethyl adjacent to an activating group) is 1. The molecule has 0 spiro atoms. The van der Waals surface area contributed by atoms with Crippen molar-refractivity contribution in [1.82, 2.24) is 14.5 Å². The predicted molar refractivity (Wildman–Crippen MR) is 150 cm³/mol. The summed E-state index contributed by atoms with van der Waals surface area (Å²) in [4.78, 5) is 38.0. The molecule has 1 saturated carbocycles. The Kier molecular flexibility index (Phi) is 7.40. The fourth-order valence-corrected chi connectivity index (χ4v) is 5.50. The Morgan fingerprint density at radius 1 is 1.15 bits per heavy atom. The Labute approximate surface area is 230 Å². The highest BCUT2D eigenvalue weighted by Crippen LogP contribution is 2.49. The Bertz CT molecular complexity index is 1570. The summed E-state index contributed by atoms with van der Waals surface area (Å²) in [5.74, 6) is 1.31. The second-order valence-corrected chi connectivity index (χ2v) is 10.8. The molecule has 8 nitrogen and oxygen atoms in total. The molecule has 0 unspecified atom stereocenters. The van der Waals surface area contributed by atoms with Gasteiger partial charge in [0, 0.05) is 25.1 Å². The molecular formula is C29H31FN4O4S. The van der Waals surface area contributed by atoms with Gasteiger partial charge in [-0.3, -0.25) is 14.2 Å². The van der Waals surface area contributed by atoms with Crippen molar-refractivity contribution < 1.29 is 18.7 Å². The molecule has 0 saturated heterocycles. The minimum absolute atomic E-state index is 0.0685. The molecule has 0 bridgehead atoms. The molecule has 10 heteroatoms. The first-order valence-corrected chi connectivity index (χ1v) is 13.7. The minimum Gasteiger partial charge on any atom is -0.497 e. The maximum Gasteiger partial charge on any atom is 0.281 e. The smallest absolute Gasteiger partial charge is 0.281 e. The van der Waals surface area contributed by atoms with Gasteiger partial charge in [-0.1, -0.05) is 41.7 Å². The Morgan fingerprint density at radius 3 is 2.56 bits per heavy atom. The Balaban J connectivity index is 1.45. The number of ether oxygens (including phenoxy) is 2. The molecule has 4 aromatic rings. The third-order valence-electron chi connectivity index (χ3n) is 7.27. The second-order valence-electron chi connectivity index (χ2n) is 9.86. The SMILES string of the molecule is COc1ccc(Cn2c(C3(F)CC3)nc3sc(N(C)[C@H](C)C(=O)CCc4ccccc4)nc3c2=O)c(OC)c1. The van der Waals surface area contributed by atoms with E-state index in [9.17, 15) is 9.59 Å². The number of methoxy groups -OCH3 is 2. The monoisotopic (exact) mass is 550 g/mol. The highest BCUT2D eigenvalue weighted by atomic mass is 32.1. The van der Waals surface area contributed by atoms with Crippen LogP contribution in [0.2, 0.25) is 0 Å². The number of Topliss-reactive ketones (excluding diaryl/α,β-unsaturated/α-hetero) is 1. The number of nitrogens with zero attached hydrogens (tertiary/aromatic N) is 4. The summed E-state index contributed by atoms with van der Waals surface area (Å²) < 4.78 is 27.6. The maximum atomic E-state index is 15.5. The van der Waals surface area contributed by atoms with Gasteiger partial charge >= 0.3 is 0 Å². The number of fused-ring (bicyclic) bond motifs is 1. The molecule has 5 rings (SSSR count). The summed E-state index contributed by atoms with van der Waals surface area (Å²) in [5, 5.41) is 0.490. The molecule has 1 aliphatic rings. The molecule has 0 amide bonds. The number of halogens is 1.